The number of methoxy groups -OCH3 is 1. The minimum Gasteiger partial charge on any atom is -0.462 e. The summed E-state index contributed by atoms with van der Waals surface area (Å²) in [5.41, 5.74) is 1.30. The first-order chi connectivity index (χ1) is 16.1. The van der Waals surface area contributed by atoms with E-state index in [1.54, 1.807) is 14.0 Å². The van der Waals surface area contributed by atoms with Crippen LogP contribution in [0, 0.1) is 40.4 Å². The number of fused-ring (bicyclic) bond motifs is 5. The van der Waals surface area contributed by atoms with Gasteiger partial charge in [0.25, 0.3) is 0 Å². The molecule has 5 heteroatoms. The fourth-order valence-electron chi connectivity index (χ4n) is 9.37. The van der Waals surface area contributed by atoms with Crippen LogP contribution in [0.15, 0.2) is 11.6 Å². The topological polar surface area (TPSA) is 61.8 Å². The fourth-order valence-corrected chi connectivity index (χ4v) is 9.37. The second-order valence-corrected chi connectivity index (χ2v) is 12.6. The Morgan fingerprint density at radius 2 is 1.79 bits per heavy atom. The summed E-state index contributed by atoms with van der Waals surface area (Å²) in [5.74, 6) is 2.07. The standard InChI is InChI=1S/C29H44O5/c1-18-14-21-16-22(31)15-19(2)29(21,17-33-28(32-5)11-6-7-12-28)24-10-13-27(4)23(26(18)24)8-9-25(27)34-20(3)30/h16,18-19,23-26H,6-15,17H2,1-5H3/t18?,19?,23-,24+,25?,26-,27-,29-/m0/s1. The molecule has 4 fully saturated rings. The van der Waals surface area contributed by atoms with Gasteiger partial charge < -0.3 is 14.2 Å². The molecule has 0 spiro atoms. The van der Waals surface area contributed by atoms with Crippen LogP contribution >= 0.6 is 0 Å². The molecular weight excluding hydrogens is 428 g/mol. The van der Waals surface area contributed by atoms with Gasteiger partial charge in [-0.1, -0.05) is 26.3 Å². The predicted molar refractivity (Wildman–Crippen MR) is 130 cm³/mol. The molecule has 3 unspecified atom stereocenters. The van der Waals surface area contributed by atoms with Gasteiger partial charge >= 0.3 is 5.97 Å². The molecule has 0 aromatic carbocycles. The monoisotopic (exact) mass is 472 g/mol. The Bertz CT molecular complexity index is 857. The summed E-state index contributed by atoms with van der Waals surface area (Å²) in [7, 11) is 1.79. The summed E-state index contributed by atoms with van der Waals surface area (Å²) < 4.78 is 18.6. The zero-order chi connectivity index (χ0) is 24.3. The molecule has 5 aliphatic rings. The molecule has 0 saturated heterocycles. The average Bonchev–Trinajstić information content (AvgIpc) is 3.38. The van der Waals surface area contributed by atoms with Gasteiger partial charge in [-0.15, -0.1) is 0 Å². The van der Waals surface area contributed by atoms with Crippen molar-refractivity contribution in [1.29, 1.82) is 0 Å². The van der Waals surface area contributed by atoms with E-state index in [9.17, 15) is 9.59 Å². The van der Waals surface area contributed by atoms with E-state index in [0.29, 0.717) is 36.7 Å². The Kier molecular flexibility index (Phi) is 6.29. The molecule has 5 aliphatic carbocycles. The number of esters is 1. The van der Waals surface area contributed by atoms with Crippen molar-refractivity contribution in [3.63, 3.8) is 0 Å². The van der Waals surface area contributed by atoms with Crippen LogP contribution in [0.1, 0.15) is 91.9 Å². The maximum Gasteiger partial charge on any atom is 0.302 e. The van der Waals surface area contributed by atoms with Crippen molar-refractivity contribution in [1.82, 2.24) is 0 Å². The van der Waals surface area contributed by atoms with Crippen LogP contribution in [0.25, 0.3) is 0 Å². The molecule has 0 aliphatic heterocycles. The SMILES string of the molecule is COC1(OC[C@@]23C(=CC(=O)CC2C)CC(C)[C@@H]2[C@H]3CC[C@]3(C)C(OC(C)=O)CC[C@@H]23)CCCC1. The maximum absolute atomic E-state index is 12.7. The third-order valence-corrected chi connectivity index (χ3v) is 11.0. The highest BCUT2D eigenvalue weighted by atomic mass is 16.7. The van der Waals surface area contributed by atoms with E-state index in [2.05, 4.69) is 20.8 Å². The molecule has 0 amide bonds. The molecule has 0 aromatic rings. The van der Waals surface area contributed by atoms with Crippen molar-refractivity contribution in [3.8, 4) is 0 Å². The summed E-state index contributed by atoms with van der Waals surface area (Å²) in [4.78, 5) is 24.6. The second kappa shape index (κ2) is 8.73. The summed E-state index contributed by atoms with van der Waals surface area (Å²) in [5, 5.41) is 0. The lowest BCUT2D eigenvalue weighted by molar-refractivity contribution is -0.246. The van der Waals surface area contributed by atoms with E-state index in [4.69, 9.17) is 14.2 Å². The van der Waals surface area contributed by atoms with E-state index in [0.717, 1.165) is 57.8 Å². The quantitative estimate of drug-likeness (QED) is 0.371. The Labute approximate surface area is 205 Å². The van der Waals surface area contributed by atoms with Crippen LogP contribution in [0.4, 0.5) is 0 Å². The highest BCUT2D eigenvalue weighted by molar-refractivity contribution is 5.92. The van der Waals surface area contributed by atoms with E-state index in [-0.39, 0.29) is 34.6 Å². The van der Waals surface area contributed by atoms with E-state index < -0.39 is 5.79 Å². The van der Waals surface area contributed by atoms with E-state index in [1.807, 2.05) is 6.08 Å². The molecule has 8 atom stereocenters. The van der Waals surface area contributed by atoms with Crippen molar-refractivity contribution in [2.45, 2.75) is 104 Å². The number of ether oxygens (including phenoxy) is 3. The first-order valence-electron chi connectivity index (χ1n) is 13.8. The number of hydrogen-bond acceptors (Lipinski definition) is 5. The van der Waals surface area contributed by atoms with Crippen LogP contribution in [-0.4, -0.2) is 37.4 Å². The molecule has 5 rings (SSSR count). The van der Waals surface area contributed by atoms with Crippen molar-refractivity contribution in [3.05, 3.63) is 11.6 Å². The molecule has 190 valence electrons. The molecular formula is C29H44O5. The minimum atomic E-state index is -0.462. The molecule has 4 saturated carbocycles. The molecule has 0 N–H and O–H groups in total. The fraction of sp³-hybridized carbons (Fsp3) is 0.862. The van der Waals surface area contributed by atoms with Gasteiger partial charge in [0.1, 0.15) is 6.10 Å². The van der Waals surface area contributed by atoms with Crippen LogP contribution in [0.5, 0.6) is 0 Å². The van der Waals surface area contributed by atoms with Crippen molar-refractivity contribution < 1.29 is 23.8 Å². The van der Waals surface area contributed by atoms with Gasteiger partial charge in [-0.25, -0.2) is 0 Å². The molecule has 34 heavy (non-hydrogen) atoms. The van der Waals surface area contributed by atoms with Crippen LogP contribution in [-0.2, 0) is 23.8 Å². The Morgan fingerprint density at radius 1 is 1.06 bits per heavy atom. The summed E-state index contributed by atoms with van der Waals surface area (Å²) in [6.07, 6.45) is 12.1. The third kappa shape index (κ3) is 3.63. The van der Waals surface area contributed by atoms with Gasteiger partial charge in [-0.2, -0.15) is 0 Å². The Hall–Kier alpha value is -1.20. The van der Waals surface area contributed by atoms with Crippen molar-refractivity contribution >= 4 is 11.8 Å². The average molecular weight is 473 g/mol. The number of ketones is 1. The minimum absolute atomic E-state index is 0.0351. The molecule has 0 heterocycles. The van der Waals surface area contributed by atoms with Crippen LogP contribution in [0.3, 0.4) is 0 Å². The predicted octanol–water partition coefficient (Wildman–Crippen LogP) is 5.86. The number of carbonyl (C=O) groups is 2. The van der Waals surface area contributed by atoms with Gasteiger partial charge in [0.05, 0.1) is 6.61 Å². The zero-order valence-electron chi connectivity index (χ0n) is 21.9. The first kappa shape index (κ1) is 24.5. The summed E-state index contributed by atoms with van der Waals surface area (Å²) in [6.45, 7) is 9.27. The van der Waals surface area contributed by atoms with Crippen molar-refractivity contribution in [2.75, 3.05) is 13.7 Å². The molecule has 0 radical (unpaired) electrons. The first-order valence-corrected chi connectivity index (χ1v) is 13.8. The van der Waals surface area contributed by atoms with E-state index >= 15 is 0 Å². The number of hydrogen-bond donors (Lipinski definition) is 0. The molecule has 0 aromatic heterocycles. The Balaban J connectivity index is 1.51. The highest BCUT2D eigenvalue weighted by Crippen LogP contribution is 2.68. The lowest BCUT2D eigenvalue weighted by atomic mass is 9.43. The van der Waals surface area contributed by atoms with Crippen molar-refractivity contribution in [2.24, 2.45) is 40.4 Å². The molecule has 5 nitrogen and oxygen atoms in total. The van der Waals surface area contributed by atoms with Gasteiger partial charge in [0, 0.05) is 44.1 Å². The number of rotatable bonds is 5. The number of carbonyl (C=O) groups excluding carboxylic acids is 2. The summed E-state index contributed by atoms with van der Waals surface area (Å²) in [6, 6.07) is 0. The van der Waals surface area contributed by atoms with Crippen LogP contribution < -0.4 is 0 Å². The van der Waals surface area contributed by atoms with Gasteiger partial charge in [-0.05, 0) is 80.6 Å². The maximum atomic E-state index is 12.7. The van der Waals surface area contributed by atoms with E-state index in [1.165, 1.54) is 5.57 Å². The Morgan fingerprint density at radius 3 is 2.47 bits per heavy atom. The van der Waals surface area contributed by atoms with Gasteiger partial charge in [-0.3, -0.25) is 9.59 Å². The largest absolute Gasteiger partial charge is 0.462 e. The van der Waals surface area contributed by atoms with Gasteiger partial charge in [0.2, 0.25) is 0 Å². The smallest absolute Gasteiger partial charge is 0.302 e. The zero-order valence-corrected chi connectivity index (χ0v) is 21.9. The summed E-state index contributed by atoms with van der Waals surface area (Å²) >= 11 is 0. The van der Waals surface area contributed by atoms with Crippen LogP contribution in [0.2, 0.25) is 0 Å². The normalized spacial score (nSPS) is 45.2. The highest BCUT2D eigenvalue weighted by Gasteiger charge is 2.64. The lowest BCUT2D eigenvalue weighted by Crippen LogP contribution is -2.59. The molecule has 0 bridgehead atoms. The lowest BCUT2D eigenvalue weighted by Gasteiger charge is -2.62. The third-order valence-electron chi connectivity index (χ3n) is 11.0. The van der Waals surface area contributed by atoms with Gasteiger partial charge in [0.15, 0.2) is 11.6 Å². The second-order valence-electron chi connectivity index (χ2n) is 12.6.